The Morgan fingerprint density at radius 2 is 2.36 bits per heavy atom. The van der Waals surface area contributed by atoms with Gasteiger partial charge in [-0.3, -0.25) is 9.69 Å². The number of carbonyl (C=O) groups is 1. The van der Waals surface area contributed by atoms with E-state index in [4.69, 9.17) is 9.26 Å². The molecule has 0 aromatic carbocycles. The Morgan fingerprint density at radius 3 is 3.08 bits per heavy atom. The standard InChI is InChI=1S/C16H22N6O3/c1-11-8-15(21-25-11)19-16(23)12(2)22-6-7-24-13(10-22)9-17-14-4-3-5-18-20-14/h3-5,8,12-13H,6-7,9-10H2,1-2H3,(H,17,20)(H,19,21,23). The molecule has 2 unspecified atom stereocenters. The zero-order valence-electron chi connectivity index (χ0n) is 14.3. The van der Waals surface area contributed by atoms with E-state index in [9.17, 15) is 4.79 Å². The predicted molar refractivity (Wildman–Crippen MR) is 91.2 cm³/mol. The van der Waals surface area contributed by atoms with Gasteiger partial charge >= 0.3 is 0 Å². The van der Waals surface area contributed by atoms with Gasteiger partial charge in [0.25, 0.3) is 0 Å². The van der Waals surface area contributed by atoms with Crippen LogP contribution in [-0.4, -0.2) is 64.5 Å². The Hall–Kier alpha value is -2.52. The van der Waals surface area contributed by atoms with E-state index in [-0.39, 0.29) is 18.1 Å². The molecule has 3 heterocycles. The second kappa shape index (κ2) is 8.04. The summed E-state index contributed by atoms with van der Waals surface area (Å²) < 4.78 is 10.7. The van der Waals surface area contributed by atoms with Crippen molar-refractivity contribution < 1.29 is 14.1 Å². The summed E-state index contributed by atoms with van der Waals surface area (Å²) in [4.78, 5) is 14.5. The van der Waals surface area contributed by atoms with Gasteiger partial charge < -0.3 is 19.9 Å². The van der Waals surface area contributed by atoms with Crippen LogP contribution in [0.25, 0.3) is 0 Å². The van der Waals surface area contributed by atoms with Crippen LogP contribution in [0, 0.1) is 6.92 Å². The second-order valence-electron chi connectivity index (χ2n) is 5.97. The number of anilines is 2. The van der Waals surface area contributed by atoms with Crippen LogP contribution in [0.2, 0.25) is 0 Å². The minimum atomic E-state index is -0.292. The zero-order chi connectivity index (χ0) is 17.6. The lowest BCUT2D eigenvalue weighted by atomic mass is 10.2. The lowest BCUT2D eigenvalue weighted by molar-refractivity contribution is -0.123. The fourth-order valence-corrected chi connectivity index (χ4v) is 2.65. The van der Waals surface area contributed by atoms with Crippen LogP contribution < -0.4 is 10.6 Å². The maximum absolute atomic E-state index is 12.4. The van der Waals surface area contributed by atoms with Gasteiger partial charge in [0.1, 0.15) is 11.6 Å². The quantitative estimate of drug-likeness (QED) is 0.795. The number of nitrogens with zero attached hydrogens (tertiary/aromatic N) is 4. The van der Waals surface area contributed by atoms with Crippen LogP contribution in [0.15, 0.2) is 28.9 Å². The first-order chi connectivity index (χ1) is 12.1. The van der Waals surface area contributed by atoms with Gasteiger partial charge in [0.2, 0.25) is 5.91 Å². The molecule has 134 valence electrons. The number of nitrogens with one attached hydrogen (secondary N) is 2. The molecule has 1 aliphatic rings. The molecule has 1 saturated heterocycles. The third-order valence-electron chi connectivity index (χ3n) is 4.06. The van der Waals surface area contributed by atoms with Gasteiger partial charge in [0.15, 0.2) is 5.82 Å². The molecule has 2 aromatic rings. The van der Waals surface area contributed by atoms with Crippen LogP contribution in [0.3, 0.4) is 0 Å². The van der Waals surface area contributed by atoms with Gasteiger partial charge in [-0.25, -0.2) is 0 Å². The van der Waals surface area contributed by atoms with Crippen LogP contribution in [-0.2, 0) is 9.53 Å². The van der Waals surface area contributed by atoms with Crippen molar-refractivity contribution in [3.05, 3.63) is 30.2 Å². The van der Waals surface area contributed by atoms with Gasteiger partial charge in [0, 0.05) is 31.9 Å². The van der Waals surface area contributed by atoms with Gasteiger partial charge in [0.05, 0.1) is 18.8 Å². The number of rotatable bonds is 6. The van der Waals surface area contributed by atoms with Crippen LogP contribution in [0.1, 0.15) is 12.7 Å². The normalized spacial score (nSPS) is 19.4. The van der Waals surface area contributed by atoms with Crippen molar-refractivity contribution in [1.29, 1.82) is 0 Å². The van der Waals surface area contributed by atoms with E-state index in [1.807, 2.05) is 19.1 Å². The van der Waals surface area contributed by atoms with Crippen LogP contribution >= 0.6 is 0 Å². The number of amides is 1. The maximum Gasteiger partial charge on any atom is 0.242 e. The van der Waals surface area contributed by atoms with Crippen LogP contribution in [0.5, 0.6) is 0 Å². The molecule has 0 spiro atoms. The summed E-state index contributed by atoms with van der Waals surface area (Å²) in [6.45, 7) is 6.19. The van der Waals surface area contributed by atoms with Crippen molar-refractivity contribution >= 4 is 17.5 Å². The first kappa shape index (κ1) is 17.3. The smallest absolute Gasteiger partial charge is 0.242 e. The van der Waals surface area contributed by atoms with E-state index in [1.54, 1.807) is 19.2 Å². The first-order valence-corrected chi connectivity index (χ1v) is 8.23. The molecule has 2 aromatic heterocycles. The Bertz CT molecular complexity index is 692. The second-order valence-corrected chi connectivity index (χ2v) is 5.97. The summed E-state index contributed by atoms with van der Waals surface area (Å²) >= 11 is 0. The van der Waals surface area contributed by atoms with E-state index in [0.717, 1.165) is 0 Å². The molecule has 9 heteroatoms. The van der Waals surface area contributed by atoms with Crippen molar-refractivity contribution in [2.24, 2.45) is 0 Å². The highest BCUT2D eigenvalue weighted by Crippen LogP contribution is 2.13. The number of aromatic nitrogens is 3. The molecule has 1 aliphatic heterocycles. The summed E-state index contributed by atoms with van der Waals surface area (Å²) in [6.07, 6.45) is 1.60. The van der Waals surface area contributed by atoms with E-state index in [1.165, 1.54) is 0 Å². The highest BCUT2D eigenvalue weighted by Gasteiger charge is 2.28. The molecule has 0 saturated carbocycles. The molecule has 1 fully saturated rings. The number of hydrogen-bond acceptors (Lipinski definition) is 8. The van der Waals surface area contributed by atoms with Gasteiger partial charge in [-0.1, -0.05) is 5.16 Å². The summed E-state index contributed by atoms with van der Waals surface area (Å²) in [5, 5.41) is 17.6. The number of ether oxygens (including phenoxy) is 1. The van der Waals surface area contributed by atoms with Gasteiger partial charge in [-0.2, -0.15) is 5.10 Å². The minimum absolute atomic E-state index is 0.0275. The summed E-state index contributed by atoms with van der Waals surface area (Å²) in [7, 11) is 0. The fraction of sp³-hybridized carbons (Fsp3) is 0.500. The van der Waals surface area contributed by atoms with Crippen molar-refractivity contribution in [2.75, 3.05) is 36.9 Å². The molecule has 2 N–H and O–H groups in total. The largest absolute Gasteiger partial charge is 0.374 e. The third-order valence-corrected chi connectivity index (χ3v) is 4.06. The molecule has 1 amide bonds. The molecule has 3 rings (SSSR count). The monoisotopic (exact) mass is 346 g/mol. The summed E-state index contributed by atoms with van der Waals surface area (Å²) in [5.41, 5.74) is 0. The summed E-state index contributed by atoms with van der Waals surface area (Å²) in [5.74, 6) is 1.68. The topological polar surface area (TPSA) is 105 Å². The highest BCUT2D eigenvalue weighted by molar-refractivity contribution is 5.93. The average molecular weight is 346 g/mol. The number of aryl methyl sites for hydroxylation is 1. The zero-order valence-corrected chi connectivity index (χ0v) is 14.3. The van der Waals surface area contributed by atoms with Crippen molar-refractivity contribution in [3.8, 4) is 0 Å². The number of hydrogen-bond donors (Lipinski definition) is 2. The van der Waals surface area contributed by atoms with E-state index >= 15 is 0 Å². The highest BCUT2D eigenvalue weighted by atomic mass is 16.5. The van der Waals surface area contributed by atoms with Gasteiger partial charge in [-0.05, 0) is 26.0 Å². The van der Waals surface area contributed by atoms with E-state index in [0.29, 0.717) is 43.6 Å². The molecule has 9 nitrogen and oxygen atoms in total. The Kier molecular flexibility index (Phi) is 5.56. The molecule has 0 radical (unpaired) electrons. The fourth-order valence-electron chi connectivity index (χ4n) is 2.65. The Balaban J connectivity index is 1.50. The van der Waals surface area contributed by atoms with Crippen LogP contribution in [0.4, 0.5) is 11.6 Å². The molecule has 0 bridgehead atoms. The Morgan fingerprint density at radius 1 is 1.48 bits per heavy atom. The average Bonchev–Trinajstić information content (AvgIpc) is 3.05. The number of carbonyl (C=O) groups excluding carboxylic acids is 1. The predicted octanol–water partition coefficient (Wildman–Crippen LogP) is 0.913. The minimum Gasteiger partial charge on any atom is -0.374 e. The molecule has 2 atom stereocenters. The summed E-state index contributed by atoms with van der Waals surface area (Å²) in [6, 6.07) is 5.07. The van der Waals surface area contributed by atoms with E-state index < -0.39 is 0 Å². The van der Waals surface area contributed by atoms with Crippen molar-refractivity contribution in [3.63, 3.8) is 0 Å². The number of morpholine rings is 1. The maximum atomic E-state index is 12.4. The molecular formula is C16H22N6O3. The van der Waals surface area contributed by atoms with Crippen molar-refractivity contribution in [2.45, 2.75) is 26.0 Å². The third kappa shape index (κ3) is 4.74. The molecule has 0 aliphatic carbocycles. The lowest BCUT2D eigenvalue weighted by Crippen LogP contribution is -2.52. The van der Waals surface area contributed by atoms with Crippen molar-refractivity contribution in [1.82, 2.24) is 20.3 Å². The van der Waals surface area contributed by atoms with E-state index in [2.05, 4.69) is 30.9 Å². The van der Waals surface area contributed by atoms with Gasteiger partial charge in [-0.15, -0.1) is 5.10 Å². The Labute approximate surface area is 145 Å². The molecule has 25 heavy (non-hydrogen) atoms. The lowest BCUT2D eigenvalue weighted by Gasteiger charge is -2.36. The first-order valence-electron chi connectivity index (χ1n) is 8.23. The SMILES string of the molecule is Cc1cc(NC(=O)C(C)N2CCOC(CNc3cccnn3)C2)no1. The molecular weight excluding hydrogens is 324 g/mol.